The first-order valence-electron chi connectivity index (χ1n) is 8.65. The van der Waals surface area contributed by atoms with Crippen molar-refractivity contribution < 1.29 is 63.9 Å². The van der Waals surface area contributed by atoms with Gasteiger partial charge in [-0.1, -0.05) is 29.4 Å². The van der Waals surface area contributed by atoms with E-state index in [1.165, 1.54) is 0 Å². The number of carbonyl (C=O) groups excluding carboxylic acids is 1. The molecule has 0 saturated carbocycles. The van der Waals surface area contributed by atoms with E-state index in [-0.39, 0.29) is 70.4 Å². The maximum atomic E-state index is 12.6. The molecule has 10 heteroatoms. The largest absolute Gasteiger partial charge is 1.00 e. The number of thiocarbonyl (C=S) groups is 2. The zero-order valence-corrected chi connectivity index (χ0v) is 26.0. The van der Waals surface area contributed by atoms with Crippen molar-refractivity contribution >= 4 is 72.7 Å². The minimum atomic E-state index is 0. The van der Waals surface area contributed by atoms with Crippen molar-refractivity contribution in [2.45, 2.75) is 46.5 Å². The topological polar surface area (TPSA) is 32.3 Å². The summed E-state index contributed by atoms with van der Waals surface area (Å²) in [5.74, 6) is 0.571. The fourth-order valence-electron chi connectivity index (χ4n) is 2.69. The Labute approximate surface area is 234 Å². The van der Waals surface area contributed by atoms with Crippen molar-refractivity contribution in [3.63, 3.8) is 0 Å². The number of nitrogens with zero attached hydrogens (tertiary/aromatic N) is 1. The monoisotopic (exact) mass is 484 g/mol. The molecule has 0 fully saturated rings. The van der Waals surface area contributed by atoms with Gasteiger partial charge in [0.1, 0.15) is 5.78 Å². The van der Waals surface area contributed by atoms with Crippen LogP contribution in [0.25, 0.3) is 0 Å². The van der Waals surface area contributed by atoms with Crippen LogP contribution in [0.5, 0.6) is 0 Å². The summed E-state index contributed by atoms with van der Waals surface area (Å²) in [5, 5.41) is 2.95. The first-order chi connectivity index (χ1) is 11.6. The molecule has 2 atom stereocenters. The number of hydrogen-bond donors (Lipinski definition) is 1. The molecule has 27 heavy (non-hydrogen) atoms. The fraction of sp³-hybridized carbons (Fsp3) is 0.824. The number of hydrogen-bond acceptors (Lipinski definition) is 5. The van der Waals surface area contributed by atoms with Gasteiger partial charge < -0.3 is 59.9 Å². The summed E-state index contributed by atoms with van der Waals surface area (Å²) in [6.07, 6.45) is 4.24. The molecule has 0 radical (unpaired) electrons. The van der Waals surface area contributed by atoms with E-state index in [0.717, 1.165) is 53.6 Å². The first-order valence-corrected chi connectivity index (χ1v) is 12.0. The predicted octanol–water partition coefficient (Wildman–Crippen LogP) is -2.35. The molecule has 3 nitrogen and oxygen atoms in total. The van der Waals surface area contributed by atoms with Crippen LogP contribution in [0.15, 0.2) is 0 Å². The number of Topliss-reactive ketones (excluding diaryl/α,β-unsaturated/α-hetero) is 1. The summed E-state index contributed by atoms with van der Waals surface area (Å²) in [6.45, 7) is 11.0. The third kappa shape index (κ3) is 20.0. The van der Waals surface area contributed by atoms with Gasteiger partial charge in [0.2, 0.25) is 0 Å². The van der Waals surface area contributed by atoms with E-state index in [0.29, 0.717) is 20.8 Å². The predicted molar refractivity (Wildman–Crippen MR) is 125 cm³/mol. The Kier molecular flexibility index (Phi) is 23.9. The summed E-state index contributed by atoms with van der Waals surface area (Å²) in [5.41, 5.74) is 0.187. The second-order valence-corrected chi connectivity index (χ2v) is 10.6. The van der Waals surface area contributed by atoms with Gasteiger partial charge in [-0.2, -0.15) is 0 Å². The van der Waals surface area contributed by atoms with Crippen LogP contribution in [0.2, 0.25) is 0 Å². The van der Waals surface area contributed by atoms with Crippen molar-refractivity contribution in [3.05, 3.63) is 0 Å². The van der Waals surface area contributed by atoms with Gasteiger partial charge in [-0.15, -0.1) is 8.58 Å². The molecule has 0 aromatic carbocycles. The summed E-state index contributed by atoms with van der Waals surface area (Å²) in [6, 6.07) is 0. The van der Waals surface area contributed by atoms with Crippen LogP contribution in [0.3, 0.4) is 0 Å². The molecular formula is C17H31N2Na2OPS4. The average Bonchev–Trinajstić information content (AvgIpc) is 2.47. The Hall–Kier alpha value is 2.32. The van der Waals surface area contributed by atoms with Crippen LogP contribution in [0.1, 0.15) is 46.5 Å². The molecule has 0 aromatic heterocycles. The Morgan fingerprint density at radius 1 is 1.15 bits per heavy atom. The minimum absolute atomic E-state index is 0. The SMILES string of the molecule is CPCC(CC(C)(C)C)C(=O)CCCN(CCCNC(=S)[S-])C(=S)[S-].[Na+].[Na+]. The molecule has 0 rings (SSSR count). The molecule has 0 bridgehead atoms. The van der Waals surface area contributed by atoms with Crippen LogP contribution in [-0.4, -0.2) is 51.8 Å². The van der Waals surface area contributed by atoms with Gasteiger partial charge in [-0.05, 0) is 37.5 Å². The molecule has 0 aliphatic heterocycles. The van der Waals surface area contributed by atoms with E-state index in [1.807, 2.05) is 4.90 Å². The van der Waals surface area contributed by atoms with Crippen molar-refractivity contribution in [2.75, 3.05) is 32.5 Å². The molecule has 2 unspecified atom stereocenters. The molecule has 146 valence electrons. The van der Waals surface area contributed by atoms with E-state index in [4.69, 9.17) is 49.7 Å². The van der Waals surface area contributed by atoms with E-state index >= 15 is 0 Å². The third-order valence-corrected chi connectivity index (χ3v) is 5.45. The van der Waals surface area contributed by atoms with Gasteiger partial charge in [-0.25, -0.2) is 0 Å². The minimum Gasteiger partial charge on any atom is -0.412 e. The second kappa shape index (κ2) is 19.0. The van der Waals surface area contributed by atoms with Gasteiger partial charge in [0, 0.05) is 32.0 Å². The van der Waals surface area contributed by atoms with E-state index in [9.17, 15) is 4.79 Å². The van der Waals surface area contributed by atoms with E-state index in [1.54, 1.807) is 0 Å². The van der Waals surface area contributed by atoms with Crippen molar-refractivity contribution in [3.8, 4) is 0 Å². The molecule has 0 saturated heterocycles. The molecule has 0 aliphatic carbocycles. The summed E-state index contributed by atoms with van der Waals surface area (Å²) in [4.78, 5) is 14.6. The Morgan fingerprint density at radius 2 is 1.70 bits per heavy atom. The Balaban J connectivity index is -0.00000288. The van der Waals surface area contributed by atoms with Gasteiger partial charge in [-0.3, -0.25) is 4.79 Å². The van der Waals surface area contributed by atoms with Crippen LogP contribution < -0.4 is 64.4 Å². The molecule has 0 aliphatic rings. The number of carbonyl (C=O) groups is 1. The molecule has 1 N–H and O–H groups in total. The number of ketones is 1. The van der Waals surface area contributed by atoms with Gasteiger partial charge in [0.05, 0.1) is 0 Å². The molecule has 0 spiro atoms. The third-order valence-electron chi connectivity index (χ3n) is 3.75. The standard InChI is InChI=1S/C17H33N2OPS4.2Na/c1-17(2,3)11-13(12-21-4)14(20)7-5-9-19(16(24)25)10-6-8-18-15(22)23;;/h13,21H,5-12H2,1-4H3,(H,24,25)(H2,18,22,23);;/q;2*+1/p-2. The van der Waals surface area contributed by atoms with Crippen LogP contribution >= 0.6 is 33.0 Å². The van der Waals surface area contributed by atoms with Crippen LogP contribution in [0, 0.1) is 11.3 Å². The zero-order chi connectivity index (χ0) is 19.5. The summed E-state index contributed by atoms with van der Waals surface area (Å²) in [7, 11) is 0.816. The molecule has 0 aromatic rings. The number of rotatable bonds is 12. The molecular weight excluding hydrogens is 453 g/mol. The van der Waals surface area contributed by atoms with E-state index in [2.05, 4.69) is 32.8 Å². The summed E-state index contributed by atoms with van der Waals surface area (Å²) >= 11 is 19.9. The van der Waals surface area contributed by atoms with Crippen molar-refractivity contribution in [2.24, 2.45) is 11.3 Å². The second-order valence-electron chi connectivity index (χ2n) is 7.41. The normalized spacial score (nSPS) is 12.0. The quantitative estimate of drug-likeness (QED) is 0.109. The fourth-order valence-corrected chi connectivity index (χ4v) is 4.12. The van der Waals surface area contributed by atoms with E-state index < -0.39 is 0 Å². The van der Waals surface area contributed by atoms with Gasteiger partial charge in [0.15, 0.2) is 0 Å². The smallest absolute Gasteiger partial charge is 0.412 e. The van der Waals surface area contributed by atoms with Crippen LogP contribution in [0.4, 0.5) is 0 Å². The average molecular weight is 485 g/mol. The van der Waals surface area contributed by atoms with Gasteiger partial charge in [0.25, 0.3) is 0 Å². The van der Waals surface area contributed by atoms with Crippen LogP contribution in [-0.2, 0) is 30.1 Å². The maximum Gasteiger partial charge on any atom is 1.00 e. The number of nitrogens with one attached hydrogen (secondary N) is 1. The van der Waals surface area contributed by atoms with Gasteiger partial charge >= 0.3 is 59.1 Å². The van der Waals surface area contributed by atoms with Crippen molar-refractivity contribution in [1.82, 2.24) is 10.2 Å². The maximum absolute atomic E-state index is 12.6. The molecule has 0 heterocycles. The molecule has 0 amide bonds. The Morgan fingerprint density at radius 3 is 2.15 bits per heavy atom. The van der Waals surface area contributed by atoms with Crippen molar-refractivity contribution in [1.29, 1.82) is 0 Å². The first kappa shape index (κ1) is 33.9. The zero-order valence-electron chi connectivity index (χ0n) is 17.7. The summed E-state index contributed by atoms with van der Waals surface area (Å²) < 4.78 is 0.856. The Bertz CT molecular complexity index is 451.